The average Bonchev–Trinajstić information content (AvgIpc) is 3.01. The zero-order valence-corrected chi connectivity index (χ0v) is 15.1. The van der Waals surface area contributed by atoms with Crippen LogP contribution in [0.4, 0.5) is 0 Å². The van der Waals surface area contributed by atoms with Gasteiger partial charge in [-0.1, -0.05) is 38.7 Å². The molecule has 0 aliphatic rings. The van der Waals surface area contributed by atoms with Gasteiger partial charge in [-0.25, -0.2) is 0 Å². The van der Waals surface area contributed by atoms with Gasteiger partial charge < -0.3 is 10.6 Å². The van der Waals surface area contributed by atoms with Crippen LogP contribution in [0.15, 0.2) is 29.4 Å². The molecule has 24 heavy (non-hydrogen) atoms. The first-order valence-electron chi connectivity index (χ1n) is 9.00. The number of nitrogens with zero attached hydrogens (tertiary/aromatic N) is 4. The van der Waals surface area contributed by atoms with Crippen LogP contribution in [0.1, 0.15) is 51.8 Å². The number of pyridine rings is 1. The fraction of sp³-hybridized carbons (Fsp3) is 0.611. The van der Waals surface area contributed by atoms with Crippen LogP contribution >= 0.6 is 0 Å². The summed E-state index contributed by atoms with van der Waals surface area (Å²) in [6, 6.07) is 6.36. The van der Waals surface area contributed by atoms with Gasteiger partial charge in [0.1, 0.15) is 5.82 Å². The molecule has 1 atom stereocenters. The third-order valence-corrected chi connectivity index (χ3v) is 4.12. The molecule has 0 bridgehead atoms. The molecule has 2 aromatic rings. The highest BCUT2D eigenvalue weighted by Crippen LogP contribution is 2.05. The highest BCUT2D eigenvalue weighted by Gasteiger charge is 2.07. The van der Waals surface area contributed by atoms with Crippen molar-refractivity contribution in [3.63, 3.8) is 0 Å². The summed E-state index contributed by atoms with van der Waals surface area (Å²) < 4.78 is 2.02. The standard InChI is InChI=1S/C18H30N6/c1-4-5-6-7-10-15(2)21-18(19-3)20-13-12-17-23-22-16-11-8-9-14-24(16)17/h8-9,11,14-15H,4-7,10,12-13H2,1-3H3,(H2,19,20,21). The predicted octanol–water partition coefficient (Wildman–Crippen LogP) is 2.80. The molecular formula is C18H30N6. The third kappa shape index (κ3) is 5.51. The van der Waals surface area contributed by atoms with Crippen LogP contribution in [0.3, 0.4) is 0 Å². The van der Waals surface area contributed by atoms with E-state index in [0.717, 1.165) is 30.4 Å². The van der Waals surface area contributed by atoms with Crippen molar-refractivity contribution < 1.29 is 0 Å². The SMILES string of the molecule is CCCCCCC(C)NC(=NC)NCCc1nnc2ccccn12. The van der Waals surface area contributed by atoms with E-state index in [0.29, 0.717) is 6.04 Å². The Bertz CT molecular complexity index is 633. The molecule has 2 heterocycles. The number of unbranched alkanes of at least 4 members (excludes halogenated alkanes) is 3. The average molecular weight is 330 g/mol. The highest BCUT2D eigenvalue weighted by molar-refractivity contribution is 5.79. The van der Waals surface area contributed by atoms with Crippen LogP contribution in [-0.2, 0) is 6.42 Å². The summed E-state index contributed by atoms with van der Waals surface area (Å²) in [5.41, 5.74) is 0.885. The summed E-state index contributed by atoms with van der Waals surface area (Å²) in [6.45, 7) is 5.23. The maximum Gasteiger partial charge on any atom is 0.191 e. The Morgan fingerprint density at radius 3 is 2.92 bits per heavy atom. The first kappa shape index (κ1) is 18.2. The van der Waals surface area contributed by atoms with Gasteiger partial charge in [-0.2, -0.15) is 0 Å². The van der Waals surface area contributed by atoms with Gasteiger partial charge in [0.05, 0.1) is 0 Å². The number of fused-ring (bicyclic) bond motifs is 1. The molecule has 0 aromatic carbocycles. The molecule has 2 N–H and O–H groups in total. The number of hydrogen-bond acceptors (Lipinski definition) is 3. The number of rotatable bonds is 9. The van der Waals surface area contributed by atoms with Crippen molar-refractivity contribution in [2.75, 3.05) is 13.6 Å². The van der Waals surface area contributed by atoms with Crippen molar-refractivity contribution in [2.24, 2.45) is 4.99 Å². The molecule has 2 rings (SSSR count). The molecule has 0 amide bonds. The minimum atomic E-state index is 0.432. The fourth-order valence-corrected chi connectivity index (χ4v) is 2.73. The molecule has 6 heteroatoms. The van der Waals surface area contributed by atoms with Crippen LogP contribution in [0.5, 0.6) is 0 Å². The lowest BCUT2D eigenvalue weighted by molar-refractivity contribution is 0.537. The maximum atomic E-state index is 4.31. The summed E-state index contributed by atoms with van der Waals surface area (Å²) in [7, 11) is 1.81. The molecule has 0 saturated carbocycles. The number of aliphatic imine (C=N–C) groups is 1. The Balaban J connectivity index is 1.73. The Morgan fingerprint density at radius 2 is 2.12 bits per heavy atom. The first-order chi connectivity index (χ1) is 11.7. The molecule has 0 spiro atoms. The summed E-state index contributed by atoms with van der Waals surface area (Å²) in [5.74, 6) is 1.81. The Morgan fingerprint density at radius 1 is 1.25 bits per heavy atom. The second kappa shape index (κ2) is 9.90. The molecule has 6 nitrogen and oxygen atoms in total. The molecule has 2 aromatic heterocycles. The van der Waals surface area contributed by atoms with E-state index in [1.54, 1.807) is 0 Å². The van der Waals surface area contributed by atoms with Gasteiger partial charge >= 0.3 is 0 Å². The molecule has 0 saturated heterocycles. The minimum absolute atomic E-state index is 0.432. The monoisotopic (exact) mass is 330 g/mol. The summed E-state index contributed by atoms with van der Waals surface area (Å²) in [6.07, 6.45) is 9.16. The van der Waals surface area contributed by atoms with Crippen molar-refractivity contribution in [2.45, 2.75) is 58.4 Å². The van der Waals surface area contributed by atoms with E-state index in [1.807, 2.05) is 35.8 Å². The van der Waals surface area contributed by atoms with Crippen LogP contribution < -0.4 is 10.6 Å². The highest BCUT2D eigenvalue weighted by atomic mass is 15.2. The summed E-state index contributed by atoms with van der Waals surface area (Å²) in [4.78, 5) is 4.31. The van der Waals surface area contributed by atoms with E-state index in [-0.39, 0.29) is 0 Å². The normalized spacial score (nSPS) is 13.2. The second-order valence-corrected chi connectivity index (χ2v) is 6.19. The Labute approximate surface area is 144 Å². The number of aromatic nitrogens is 3. The van der Waals surface area contributed by atoms with Gasteiger partial charge in [-0.3, -0.25) is 9.39 Å². The number of nitrogens with one attached hydrogen (secondary N) is 2. The quantitative estimate of drug-likeness (QED) is 0.421. The van der Waals surface area contributed by atoms with Gasteiger partial charge in [0.25, 0.3) is 0 Å². The zero-order valence-electron chi connectivity index (χ0n) is 15.1. The van der Waals surface area contributed by atoms with Crippen molar-refractivity contribution in [3.8, 4) is 0 Å². The molecule has 132 valence electrons. The van der Waals surface area contributed by atoms with E-state index >= 15 is 0 Å². The molecule has 1 unspecified atom stereocenters. The van der Waals surface area contributed by atoms with Gasteiger partial charge in [-0.15, -0.1) is 10.2 Å². The van der Waals surface area contributed by atoms with Crippen molar-refractivity contribution in [3.05, 3.63) is 30.2 Å². The summed E-state index contributed by atoms with van der Waals surface area (Å²) in [5, 5.41) is 15.2. The molecule has 0 aliphatic heterocycles. The molecule has 0 fully saturated rings. The van der Waals surface area contributed by atoms with Crippen LogP contribution in [0.2, 0.25) is 0 Å². The molecule has 0 radical (unpaired) electrons. The Kier molecular flexibility index (Phi) is 7.52. The summed E-state index contributed by atoms with van der Waals surface area (Å²) >= 11 is 0. The predicted molar refractivity (Wildman–Crippen MR) is 99.4 cm³/mol. The lowest BCUT2D eigenvalue weighted by Crippen LogP contribution is -2.43. The zero-order chi connectivity index (χ0) is 17.2. The van der Waals surface area contributed by atoms with Gasteiger partial charge in [0.15, 0.2) is 11.6 Å². The van der Waals surface area contributed by atoms with Crippen molar-refractivity contribution in [1.29, 1.82) is 0 Å². The van der Waals surface area contributed by atoms with E-state index < -0.39 is 0 Å². The van der Waals surface area contributed by atoms with E-state index in [4.69, 9.17) is 0 Å². The van der Waals surface area contributed by atoms with Crippen molar-refractivity contribution in [1.82, 2.24) is 25.2 Å². The van der Waals surface area contributed by atoms with Gasteiger partial charge in [0.2, 0.25) is 0 Å². The van der Waals surface area contributed by atoms with Crippen LogP contribution in [-0.4, -0.2) is 40.2 Å². The van der Waals surface area contributed by atoms with E-state index in [2.05, 4.69) is 39.7 Å². The van der Waals surface area contributed by atoms with Gasteiger partial charge in [-0.05, 0) is 25.5 Å². The fourth-order valence-electron chi connectivity index (χ4n) is 2.73. The molecular weight excluding hydrogens is 300 g/mol. The lowest BCUT2D eigenvalue weighted by Gasteiger charge is -2.17. The first-order valence-corrected chi connectivity index (χ1v) is 9.00. The van der Waals surface area contributed by atoms with E-state index in [1.165, 1.54) is 32.1 Å². The lowest BCUT2D eigenvalue weighted by atomic mass is 10.1. The second-order valence-electron chi connectivity index (χ2n) is 6.19. The number of hydrogen-bond donors (Lipinski definition) is 2. The Hall–Kier alpha value is -2.11. The minimum Gasteiger partial charge on any atom is -0.356 e. The number of guanidine groups is 1. The smallest absolute Gasteiger partial charge is 0.191 e. The van der Waals surface area contributed by atoms with Crippen LogP contribution in [0, 0.1) is 0 Å². The van der Waals surface area contributed by atoms with Gasteiger partial charge in [0, 0.05) is 32.3 Å². The largest absolute Gasteiger partial charge is 0.356 e. The van der Waals surface area contributed by atoms with E-state index in [9.17, 15) is 0 Å². The topological polar surface area (TPSA) is 66.6 Å². The van der Waals surface area contributed by atoms with Crippen LogP contribution in [0.25, 0.3) is 5.65 Å². The van der Waals surface area contributed by atoms with Crippen molar-refractivity contribution >= 4 is 11.6 Å². The third-order valence-electron chi connectivity index (χ3n) is 4.12. The molecule has 0 aliphatic carbocycles. The maximum absolute atomic E-state index is 4.31.